The lowest BCUT2D eigenvalue weighted by Gasteiger charge is -2.21. The predicted molar refractivity (Wildman–Crippen MR) is 97.1 cm³/mol. The van der Waals surface area contributed by atoms with E-state index in [2.05, 4.69) is 34.7 Å². The maximum Gasteiger partial charge on any atom is 0.354 e. The number of aromatic nitrogens is 2. The molecule has 25 heavy (non-hydrogen) atoms. The highest BCUT2D eigenvalue weighted by molar-refractivity contribution is 5.85. The molecule has 4 rings (SSSR count). The van der Waals surface area contributed by atoms with E-state index in [1.165, 1.54) is 17.7 Å². The third kappa shape index (κ3) is 2.84. The number of benzene rings is 1. The first-order chi connectivity index (χ1) is 12.1. The Hall–Kier alpha value is -2.88. The largest absolute Gasteiger partial charge is 0.477 e. The molecule has 0 aliphatic heterocycles. The van der Waals surface area contributed by atoms with E-state index in [1.807, 2.05) is 24.3 Å². The van der Waals surface area contributed by atoms with Gasteiger partial charge in [-0.15, -0.1) is 0 Å². The summed E-state index contributed by atoms with van der Waals surface area (Å²) >= 11 is 0. The Morgan fingerprint density at radius 2 is 2.00 bits per heavy atom. The van der Waals surface area contributed by atoms with Gasteiger partial charge in [0.15, 0.2) is 0 Å². The van der Waals surface area contributed by atoms with Crippen molar-refractivity contribution < 1.29 is 9.90 Å². The van der Waals surface area contributed by atoms with Crippen LogP contribution in [0.15, 0.2) is 54.7 Å². The topological polar surface area (TPSA) is 55.1 Å². The lowest BCUT2D eigenvalue weighted by molar-refractivity contribution is 0.0690. The third-order valence-electron chi connectivity index (χ3n) is 4.93. The van der Waals surface area contributed by atoms with Gasteiger partial charge < -0.3 is 9.67 Å². The standard InChI is InChI=1S/C21H20N2O2/c1-14-7-10-19-16(11-14)12-20(15-5-3-2-4-6-15)23(19)17-8-9-18(21(24)25)22-13-17/h2-6,8-9,12-14H,7,10-11H2,1H3,(H,24,25). The molecule has 1 N–H and O–H groups in total. The summed E-state index contributed by atoms with van der Waals surface area (Å²) in [5, 5.41) is 9.09. The molecular formula is C21H20N2O2. The van der Waals surface area contributed by atoms with Crippen molar-refractivity contribution >= 4 is 5.97 Å². The summed E-state index contributed by atoms with van der Waals surface area (Å²) in [6, 6.07) is 16.0. The smallest absolute Gasteiger partial charge is 0.354 e. The zero-order valence-corrected chi connectivity index (χ0v) is 14.1. The molecule has 0 saturated heterocycles. The fraction of sp³-hybridized carbons (Fsp3) is 0.238. The molecular weight excluding hydrogens is 312 g/mol. The van der Waals surface area contributed by atoms with E-state index < -0.39 is 5.97 Å². The molecule has 1 aliphatic rings. The van der Waals surface area contributed by atoms with E-state index in [0.717, 1.165) is 29.8 Å². The summed E-state index contributed by atoms with van der Waals surface area (Å²) in [4.78, 5) is 15.2. The minimum Gasteiger partial charge on any atom is -0.477 e. The molecule has 0 bridgehead atoms. The maximum atomic E-state index is 11.1. The Labute approximate surface area is 146 Å². The zero-order chi connectivity index (χ0) is 17.4. The highest BCUT2D eigenvalue weighted by Gasteiger charge is 2.23. The number of hydrogen-bond acceptors (Lipinski definition) is 2. The van der Waals surface area contributed by atoms with Gasteiger partial charge in [0.05, 0.1) is 17.6 Å². The van der Waals surface area contributed by atoms with Crippen molar-refractivity contribution in [1.29, 1.82) is 0 Å². The molecule has 1 aromatic carbocycles. The van der Waals surface area contributed by atoms with Crippen LogP contribution in [0.5, 0.6) is 0 Å². The normalized spacial score (nSPS) is 16.4. The van der Waals surface area contributed by atoms with Crippen LogP contribution >= 0.6 is 0 Å². The fourth-order valence-electron chi connectivity index (χ4n) is 3.67. The van der Waals surface area contributed by atoms with E-state index in [0.29, 0.717) is 5.92 Å². The highest BCUT2D eigenvalue weighted by Crippen LogP contribution is 2.35. The lowest BCUT2D eigenvalue weighted by atomic mass is 9.89. The predicted octanol–water partition coefficient (Wildman–Crippen LogP) is 4.36. The van der Waals surface area contributed by atoms with Gasteiger partial charge in [-0.3, -0.25) is 0 Å². The number of pyridine rings is 1. The Morgan fingerprint density at radius 1 is 1.20 bits per heavy atom. The molecule has 0 spiro atoms. The van der Waals surface area contributed by atoms with Gasteiger partial charge in [0.1, 0.15) is 5.69 Å². The van der Waals surface area contributed by atoms with Gasteiger partial charge in [-0.05, 0) is 54.5 Å². The van der Waals surface area contributed by atoms with E-state index in [-0.39, 0.29) is 5.69 Å². The summed E-state index contributed by atoms with van der Waals surface area (Å²) in [7, 11) is 0. The van der Waals surface area contributed by atoms with Crippen molar-refractivity contribution in [3.8, 4) is 16.9 Å². The number of carboxylic acid groups (broad SMARTS) is 1. The Bertz CT molecular complexity index is 911. The van der Waals surface area contributed by atoms with Crippen molar-refractivity contribution in [2.24, 2.45) is 5.92 Å². The summed E-state index contributed by atoms with van der Waals surface area (Å²) in [6.07, 6.45) is 4.95. The monoisotopic (exact) mass is 332 g/mol. The van der Waals surface area contributed by atoms with Crippen LogP contribution in [-0.4, -0.2) is 20.6 Å². The van der Waals surface area contributed by atoms with E-state index >= 15 is 0 Å². The SMILES string of the molecule is CC1CCc2c(cc(-c3ccccc3)n2-c2ccc(C(=O)O)nc2)C1. The van der Waals surface area contributed by atoms with E-state index in [4.69, 9.17) is 5.11 Å². The first-order valence-corrected chi connectivity index (χ1v) is 8.62. The average Bonchev–Trinajstić information content (AvgIpc) is 3.01. The van der Waals surface area contributed by atoms with E-state index in [1.54, 1.807) is 12.3 Å². The summed E-state index contributed by atoms with van der Waals surface area (Å²) < 4.78 is 2.25. The van der Waals surface area contributed by atoms with Crippen molar-refractivity contribution in [3.63, 3.8) is 0 Å². The van der Waals surface area contributed by atoms with Gasteiger partial charge in [0, 0.05) is 5.69 Å². The summed E-state index contributed by atoms with van der Waals surface area (Å²) in [5.41, 5.74) is 6.00. The highest BCUT2D eigenvalue weighted by atomic mass is 16.4. The molecule has 2 aromatic heterocycles. The molecule has 4 nitrogen and oxygen atoms in total. The van der Waals surface area contributed by atoms with Gasteiger partial charge in [-0.1, -0.05) is 37.3 Å². The van der Waals surface area contributed by atoms with Crippen LogP contribution in [0.4, 0.5) is 0 Å². The number of rotatable bonds is 3. The van der Waals surface area contributed by atoms with Gasteiger partial charge in [0.25, 0.3) is 0 Å². The van der Waals surface area contributed by atoms with Gasteiger partial charge in [-0.25, -0.2) is 9.78 Å². The number of nitrogens with zero attached hydrogens (tertiary/aromatic N) is 2. The number of carboxylic acids is 1. The van der Waals surface area contributed by atoms with Crippen molar-refractivity contribution in [3.05, 3.63) is 71.7 Å². The minimum absolute atomic E-state index is 0.0691. The molecule has 0 fully saturated rings. The van der Waals surface area contributed by atoms with Crippen molar-refractivity contribution in [2.45, 2.75) is 26.2 Å². The molecule has 1 aliphatic carbocycles. The van der Waals surface area contributed by atoms with Gasteiger partial charge in [-0.2, -0.15) is 0 Å². The molecule has 0 radical (unpaired) electrons. The molecule has 4 heteroatoms. The van der Waals surface area contributed by atoms with Crippen LogP contribution in [0.25, 0.3) is 16.9 Å². The Kier molecular flexibility index (Phi) is 3.88. The Balaban J connectivity index is 1.89. The number of fused-ring (bicyclic) bond motifs is 1. The van der Waals surface area contributed by atoms with Crippen LogP contribution in [0.1, 0.15) is 35.1 Å². The first kappa shape index (κ1) is 15.6. The van der Waals surface area contributed by atoms with Crippen molar-refractivity contribution in [1.82, 2.24) is 9.55 Å². The van der Waals surface area contributed by atoms with Gasteiger partial charge >= 0.3 is 5.97 Å². The second kappa shape index (κ2) is 6.20. The molecule has 0 saturated carbocycles. The second-order valence-electron chi connectivity index (χ2n) is 6.76. The number of aromatic carboxylic acids is 1. The summed E-state index contributed by atoms with van der Waals surface area (Å²) in [6.45, 7) is 2.30. The quantitative estimate of drug-likeness (QED) is 0.775. The van der Waals surface area contributed by atoms with Crippen LogP contribution in [0.2, 0.25) is 0 Å². The van der Waals surface area contributed by atoms with Crippen LogP contribution < -0.4 is 0 Å². The minimum atomic E-state index is -1.00. The van der Waals surface area contributed by atoms with Crippen LogP contribution in [0, 0.1) is 5.92 Å². The molecule has 0 amide bonds. The van der Waals surface area contributed by atoms with Crippen LogP contribution in [0.3, 0.4) is 0 Å². The summed E-state index contributed by atoms with van der Waals surface area (Å²) in [5.74, 6) is -0.308. The zero-order valence-electron chi connectivity index (χ0n) is 14.1. The average molecular weight is 332 g/mol. The maximum absolute atomic E-state index is 11.1. The fourth-order valence-corrected chi connectivity index (χ4v) is 3.67. The molecule has 3 aromatic rings. The Morgan fingerprint density at radius 3 is 2.68 bits per heavy atom. The lowest BCUT2D eigenvalue weighted by Crippen LogP contribution is -2.13. The molecule has 1 atom stereocenters. The molecule has 1 unspecified atom stereocenters. The van der Waals surface area contributed by atoms with Crippen LogP contribution in [-0.2, 0) is 12.8 Å². The number of carbonyl (C=O) groups is 1. The van der Waals surface area contributed by atoms with Crippen molar-refractivity contribution in [2.75, 3.05) is 0 Å². The number of hydrogen-bond donors (Lipinski definition) is 1. The van der Waals surface area contributed by atoms with Gasteiger partial charge in [0.2, 0.25) is 0 Å². The molecule has 2 heterocycles. The molecule has 126 valence electrons. The van der Waals surface area contributed by atoms with E-state index in [9.17, 15) is 4.79 Å². The first-order valence-electron chi connectivity index (χ1n) is 8.62. The third-order valence-corrected chi connectivity index (χ3v) is 4.93. The second-order valence-corrected chi connectivity index (χ2v) is 6.76.